The van der Waals surface area contributed by atoms with Crippen LogP contribution < -0.4 is 5.32 Å². The molecule has 38 heavy (non-hydrogen) atoms. The minimum absolute atomic E-state index is 0.0353. The molecule has 9 nitrogen and oxygen atoms in total. The van der Waals surface area contributed by atoms with Gasteiger partial charge in [0.15, 0.2) is 0 Å². The van der Waals surface area contributed by atoms with E-state index in [9.17, 15) is 19.2 Å². The Hall–Kier alpha value is -4.66. The van der Waals surface area contributed by atoms with E-state index < -0.39 is 36.5 Å². The minimum atomic E-state index is -0.961. The van der Waals surface area contributed by atoms with E-state index in [1.54, 1.807) is 24.3 Å². The lowest BCUT2D eigenvalue weighted by Crippen LogP contribution is -2.50. The molecule has 3 aromatic rings. The number of amides is 2. The SMILES string of the molecule is COC(=O)c1ccc(CN(C(=O)CNC(=O)OCc2ccccc2)[C@H](Cc2ccccc2)C(=O)OC)cc1. The zero-order chi connectivity index (χ0) is 27.3. The molecule has 9 heteroatoms. The number of benzene rings is 3. The van der Waals surface area contributed by atoms with Crippen molar-refractivity contribution in [2.75, 3.05) is 20.8 Å². The first kappa shape index (κ1) is 27.9. The molecule has 1 N–H and O–H groups in total. The maximum absolute atomic E-state index is 13.4. The highest BCUT2D eigenvalue weighted by Crippen LogP contribution is 2.16. The van der Waals surface area contributed by atoms with Gasteiger partial charge in [0, 0.05) is 13.0 Å². The van der Waals surface area contributed by atoms with Gasteiger partial charge in [0.1, 0.15) is 19.2 Å². The van der Waals surface area contributed by atoms with Crippen LogP contribution in [-0.4, -0.2) is 55.6 Å². The van der Waals surface area contributed by atoms with Gasteiger partial charge in [-0.2, -0.15) is 0 Å². The maximum atomic E-state index is 13.4. The Kier molecular flexibility index (Phi) is 10.4. The Balaban J connectivity index is 1.77. The molecule has 1 atom stereocenters. The van der Waals surface area contributed by atoms with Crippen LogP contribution in [0.1, 0.15) is 27.0 Å². The zero-order valence-corrected chi connectivity index (χ0v) is 21.3. The molecule has 3 aromatic carbocycles. The van der Waals surface area contributed by atoms with Crippen LogP contribution in [0.5, 0.6) is 0 Å². The van der Waals surface area contributed by atoms with Gasteiger partial charge in [0.25, 0.3) is 0 Å². The van der Waals surface area contributed by atoms with Gasteiger partial charge in [-0.3, -0.25) is 4.79 Å². The molecule has 0 saturated carbocycles. The third-order valence-electron chi connectivity index (χ3n) is 5.77. The number of nitrogens with zero attached hydrogens (tertiary/aromatic N) is 1. The smallest absolute Gasteiger partial charge is 0.407 e. The van der Waals surface area contributed by atoms with Crippen LogP contribution in [0.4, 0.5) is 4.79 Å². The van der Waals surface area contributed by atoms with Crippen LogP contribution in [0.3, 0.4) is 0 Å². The quantitative estimate of drug-likeness (QED) is 0.305. The molecular weight excluding hydrogens is 488 g/mol. The fourth-order valence-electron chi connectivity index (χ4n) is 3.75. The topological polar surface area (TPSA) is 111 Å². The lowest BCUT2D eigenvalue weighted by Gasteiger charge is -2.30. The Morgan fingerprint density at radius 3 is 1.95 bits per heavy atom. The normalized spacial score (nSPS) is 11.1. The van der Waals surface area contributed by atoms with Crippen molar-refractivity contribution in [3.8, 4) is 0 Å². The number of nitrogens with one attached hydrogen (secondary N) is 1. The summed E-state index contributed by atoms with van der Waals surface area (Å²) in [5, 5.41) is 2.46. The number of rotatable bonds is 11. The largest absolute Gasteiger partial charge is 0.467 e. The Labute approximate surface area is 221 Å². The Morgan fingerprint density at radius 1 is 0.763 bits per heavy atom. The highest BCUT2D eigenvalue weighted by Gasteiger charge is 2.31. The third-order valence-corrected chi connectivity index (χ3v) is 5.77. The molecule has 0 aliphatic rings. The van der Waals surface area contributed by atoms with Crippen LogP contribution in [0.15, 0.2) is 84.9 Å². The van der Waals surface area contributed by atoms with E-state index in [0.29, 0.717) is 11.1 Å². The van der Waals surface area contributed by atoms with E-state index in [-0.39, 0.29) is 19.6 Å². The van der Waals surface area contributed by atoms with E-state index in [1.165, 1.54) is 19.1 Å². The minimum Gasteiger partial charge on any atom is -0.467 e. The number of methoxy groups -OCH3 is 2. The van der Waals surface area contributed by atoms with E-state index in [2.05, 4.69) is 5.32 Å². The lowest BCUT2D eigenvalue weighted by molar-refractivity contribution is -0.153. The molecule has 0 saturated heterocycles. The van der Waals surface area contributed by atoms with Crippen molar-refractivity contribution in [3.05, 3.63) is 107 Å². The number of alkyl carbamates (subject to hydrolysis) is 1. The maximum Gasteiger partial charge on any atom is 0.407 e. The van der Waals surface area contributed by atoms with Crippen LogP contribution in [-0.2, 0) is 43.4 Å². The number of ether oxygens (including phenoxy) is 3. The fraction of sp³-hybridized carbons (Fsp3) is 0.241. The van der Waals surface area contributed by atoms with Gasteiger partial charge in [0.05, 0.1) is 19.8 Å². The zero-order valence-electron chi connectivity index (χ0n) is 21.3. The summed E-state index contributed by atoms with van der Waals surface area (Å²) in [6.07, 6.45) is -0.555. The van der Waals surface area contributed by atoms with Gasteiger partial charge in [-0.25, -0.2) is 14.4 Å². The second-order valence-corrected chi connectivity index (χ2v) is 8.35. The van der Waals surface area contributed by atoms with Crippen molar-refractivity contribution in [1.29, 1.82) is 0 Å². The average molecular weight is 519 g/mol. The fourth-order valence-corrected chi connectivity index (χ4v) is 3.75. The summed E-state index contributed by atoms with van der Waals surface area (Å²) in [5.41, 5.74) is 2.65. The average Bonchev–Trinajstić information content (AvgIpc) is 2.97. The summed E-state index contributed by atoms with van der Waals surface area (Å²) in [7, 11) is 2.55. The molecule has 0 fully saturated rings. The van der Waals surface area contributed by atoms with Crippen LogP contribution in [0, 0.1) is 0 Å². The van der Waals surface area contributed by atoms with Crippen molar-refractivity contribution in [2.24, 2.45) is 0 Å². The van der Waals surface area contributed by atoms with Crippen molar-refractivity contribution < 1.29 is 33.4 Å². The van der Waals surface area contributed by atoms with E-state index in [0.717, 1.165) is 11.1 Å². The van der Waals surface area contributed by atoms with Gasteiger partial charge in [-0.1, -0.05) is 72.8 Å². The third kappa shape index (κ3) is 8.19. The van der Waals surface area contributed by atoms with E-state index in [1.807, 2.05) is 60.7 Å². The first-order chi connectivity index (χ1) is 18.4. The van der Waals surface area contributed by atoms with E-state index >= 15 is 0 Å². The summed E-state index contributed by atoms with van der Waals surface area (Å²) in [6.45, 7) is -0.306. The number of hydrogen-bond acceptors (Lipinski definition) is 7. The first-order valence-corrected chi connectivity index (χ1v) is 11.9. The molecule has 2 amide bonds. The van der Waals surface area contributed by atoms with E-state index in [4.69, 9.17) is 14.2 Å². The molecule has 0 radical (unpaired) electrons. The summed E-state index contributed by atoms with van der Waals surface area (Å²) in [5.74, 6) is -1.59. The van der Waals surface area contributed by atoms with Crippen molar-refractivity contribution >= 4 is 23.9 Å². The van der Waals surface area contributed by atoms with Gasteiger partial charge in [-0.05, 0) is 28.8 Å². The molecule has 0 bridgehead atoms. The standard InChI is InChI=1S/C29H30N2O7/c1-36-27(33)24-15-13-22(14-16-24)19-31(25(28(34)37-2)17-21-9-5-3-6-10-21)26(32)18-30-29(35)38-20-23-11-7-4-8-12-23/h3-16,25H,17-20H2,1-2H3,(H,30,35)/t25-/m1/s1. The van der Waals surface area contributed by atoms with Crippen molar-refractivity contribution in [1.82, 2.24) is 10.2 Å². The summed E-state index contributed by atoms with van der Waals surface area (Å²) in [4.78, 5) is 51.6. The van der Waals surface area contributed by atoms with Gasteiger partial charge >= 0.3 is 18.0 Å². The Bertz CT molecular complexity index is 1210. The molecule has 3 rings (SSSR count). The summed E-state index contributed by atoms with van der Waals surface area (Å²) < 4.78 is 14.9. The second-order valence-electron chi connectivity index (χ2n) is 8.35. The van der Waals surface area contributed by atoms with Gasteiger partial charge < -0.3 is 24.4 Å². The van der Waals surface area contributed by atoms with Crippen molar-refractivity contribution in [3.63, 3.8) is 0 Å². The van der Waals surface area contributed by atoms with Gasteiger partial charge in [0.2, 0.25) is 5.91 Å². The highest BCUT2D eigenvalue weighted by molar-refractivity contribution is 5.89. The van der Waals surface area contributed by atoms with Crippen molar-refractivity contribution in [2.45, 2.75) is 25.6 Å². The molecule has 198 valence electrons. The molecule has 0 spiro atoms. The van der Waals surface area contributed by atoms with Gasteiger partial charge in [-0.15, -0.1) is 0 Å². The molecule has 0 aliphatic heterocycles. The van der Waals surface area contributed by atoms with Crippen LogP contribution >= 0.6 is 0 Å². The van der Waals surface area contributed by atoms with Crippen LogP contribution in [0.2, 0.25) is 0 Å². The number of carbonyl (C=O) groups is 4. The predicted octanol–water partition coefficient (Wildman–Crippen LogP) is 3.51. The Morgan fingerprint density at radius 2 is 1.37 bits per heavy atom. The molecule has 0 heterocycles. The van der Waals surface area contributed by atoms with Crippen LogP contribution in [0.25, 0.3) is 0 Å². The molecule has 0 aromatic heterocycles. The lowest BCUT2D eigenvalue weighted by atomic mass is 10.0. The molecule has 0 unspecified atom stereocenters. The number of esters is 2. The summed E-state index contributed by atoms with van der Waals surface area (Å²) in [6, 6.07) is 23.9. The molecule has 0 aliphatic carbocycles. The first-order valence-electron chi connectivity index (χ1n) is 11.9. The number of carbonyl (C=O) groups excluding carboxylic acids is 4. The number of hydrogen-bond donors (Lipinski definition) is 1. The monoisotopic (exact) mass is 518 g/mol. The molecular formula is C29H30N2O7. The highest BCUT2D eigenvalue weighted by atomic mass is 16.5. The predicted molar refractivity (Wildman–Crippen MR) is 139 cm³/mol. The summed E-state index contributed by atoms with van der Waals surface area (Å²) >= 11 is 0. The second kappa shape index (κ2) is 14.2.